The monoisotopic (exact) mass is 278 g/mol. The van der Waals surface area contributed by atoms with Gasteiger partial charge < -0.3 is 15.4 Å². The molecule has 0 aromatic heterocycles. The Morgan fingerprint density at radius 1 is 1.50 bits per heavy atom. The SMILES string of the molecule is C=CC(=O)NCCC(=O)NC1COc2cc(F)ccc21. The van der Waals surface area contributed by atoms with Crippen LogP contribution >= 0.6 is 0 Å². The number of carbonyl (C=O) groups excluding carboxylic acids is 2. The van der Waals surface area contributed by atoms with Crippen molar-refractivity contribution in [3.63, 3.8) is 0 Å². The van der Waals surface area contributed by atoms with Crippen LogP contribution < -0.4 is 15.4 Å². The molecular formula is C14H15FN2O3. The summed E-state index contributed by atoms with van der Waals surface area (Å²) in [4.78, 5) is 22.6. The van der Waals surface area contributed by atoms with Crippen molar-refractivity contribution in [1.29, 1.82) is 0 Å². The molecule has 2 rings (SSSR count). The molecule has 0 fully saturated rings. The average Bonchev–Trinajstić information content (AvgIpc) is 2.80. The van der Waals surface area contributed by atoms with Gasteiger partial charge in [-0.1, -0.05) is 12.6 Å². The van der Waals surface area contributed by atoms with E-state index in [1.807, 2.05) is 0 Å². The van der Waals surface area contributed by atoms with Crippen molar-refractivity contribution in [2.75, 3.05) is 13.2 Å². The maximum absolute atomic E-state index is 13.0. The molecule has 1 aliphatic heterocycles. The van der Waals surface area contributed by atoms with E-state index >= 15 is 0 Å². The molecule has 0 radical (unpaired) electrons. The number of ether oxygens (including phenoxy) is 1. The third-order valence-electron chi connectivity index (χ3n) is 2.93. The molecule has 0 saturated heterocycles. The molecule has 1 atom stereocenters. The van der Waals surface area contributed by atoms with Gasteiger partial charge in [0.2, 0.25) is 11.8 Å². The Morgan fingerprint density at radius 3 is 3.05 bits per heavy atom. The summed E-state index contributed by atoms with van der Waals surface area (Å²) in [5.74, 6) is -0.443. The highest BCUT2D eigenvalue weighted by atomic mass is 19.1. The summed E-state index contributed by atoms with van der Waals surface area (Å²) >= 11 is 0. The quantitative estimate of drug-likeness (QED) is 0.792. The van der Waals surface area contributed by atoms with Gasteiger partial charge in [-0.25, -0.2) is 4.39 Å². The second kappa shape index (κ2) is 6.18. The standard InChI is InChI=1S/C14H15FN2O3/c1-2-13(18)16-6-5-14(19)17-11-8-20-12-7-9(15)3-4-10(11)12/h2-4,7,11H,1,5-6,8H2,(H,16,18)(H,17,19). The molecule has 0 saturated carbocycles. The number of amides is 2. The Morgan fingerprint density at radius 2 is 2.30 bits per heavy atom. The minimum absolute atomic E-state index is 0.159. The number of hydrogen-bond acceptors (Lipinski definition) is 3. The highest BCUT2D eigenvalue weighted by Gasteiger charge is 2.25. The van der Waals surface area contributed by atoms with Crippen molar-refractivity contribution in [1.82, 2.24) is 10.6 Å². The fourth-order valence-corrected chi connectivity index (χ4v) is 1.94. The van der Waals surface area contributed by atoms with E-state index in [0.29, 0.717) is 5.75 Å². The van der Waals surface area contributed by atoms with Gasteiger partial charge in [0.25, 0.3) is 0 Å². The lowest BCUT2D eigenvalue weighted by Crippen LogP contribution is -2.33. The van der Waals surface area contributed by atoms with Crippen molar-refractivity contribution in [3.05, 3.63) is 42.2 Å². The fraction of sp³-hybridized carbons (Fsp3) is 0.286. The molecule has 0 bridgehead atoms. The molecule has 5 nitrogen and oxygen atoms in total. The molecule has 1 heterocycles. The molecule has 20 heavy (non-hydrogen) atoms. The number of hydrogen-bond donors (Lipinski definition) is 2. The molecule has 6 heteroatoms. The van der Waals surface area contributed by atoms with Crippen molar-refractivity contribution < 1.29 is 18.7 Å². The molecule has 1 unspecified atom stereocenters. The van der Waals surface area contributed by atoms with Crippen LogP contribution in [0.2, 0.25) is 0 Å². The molecule has 106 valence electrons. The van der Waals surface area contributed by atoms with Crippen LogP contribution in [0.3, 0.4) is 0 Å². The van der Waals surface area contributed by atoms with Gasteiger partial charge >= 0.3 is 0 Å². The zero-order chi connectivity index (χ0) is 14.5. The molecule has 1 aromatic rings. The summed E-state index contributed by atoms with van der Waals surface area (Å²) in [6.45, 7) is 3.83. The first-order chi connectivity index (χ1) is 9.60. The number of rotatable bonds is 5. The van der Waals surface area contributed by atoms with Crippen molar-refractivity contribution in [3.8, 4) is 5.75 Å². The van der Waals surface area contributed by atoms with Crippen LogP contribution in [0.4, 0.5) is 4.39 Å². The molecule has 0 spiro atoms. The molecule has 1 aliphatic rings. The number of halogens is 1. The van der Waals surface area contributed by atoms with Crippen LogP contribution in [0, 0.1) is 5.82 Å². The maximum Gasteiger partial charge on any atom is 0.243 e. The largest absolute Gasteiger partial charge is 0.491 e. The third kappa shape index (κ3) is 3.34. The average molecular weight is 278 g/mol. The Kier molecular flexibility index (Phi) is 4.34. The normalized spacial score (nSPS) is 15.9. The van der Waals surface area contributed by atoms with Gasteiger partial charge in [0, 0.05) is 24.6 Å². The smallest absolute Gasteiger partial charge is 0.243 e. The van der Waals surface area contributed by atoms with E-state index in [-0.39, 0.29) is 43.2 Å². The van der Waals surface area contributed by atoms with E-state index in [2.05, 4.69) is 17.2 Å². The van der Waals surface area contributed by atoms with Crippen molar-refractivity contribution in [2.24, 2.45) is 0 Å². The summed E-state index contributed by atoms with van der Waals surface area (Å²) in [5.41, 5.74) is 0.759. The van der Waals surface area contributed by atoms with Gasteiger partial charge in [-0.3, -0.25) is 9.59 Å². The van der Waals surface area contributed by atoms with Crippen LogP contribution in [0.5, 0.6) is 5.75 Å². The van der Waals surface area contributed by atoms with Crippen LogP contribution in [0.1, 0.15) is 18.0 Å². The lowest BCUT2D eigenvalue weighted by molar-refractivity contribution is -0.122. The zero-order valence-corrected chi connectivity index (χ0v) is 10.8. The molecule has 1 aromatic carbocycles. The fourth-order valence-electron chi connectivity index (χ4n) is 1.94. The highest BCUT2D eigenvalue weighted by Crippen LogP contribution is 2.32. The number of nitrogens with one attached hydrogen (secondary N) is 2. The van der Waals surface area contributed by atoms with Gasteiger partial charge in [0.15, 0.2) is 0 Å². The Bertz CT molecular complexity index is 545. The minimum atomic E-state index is -0.372. The number of fused-ring (bicyclic) bond motifs is 1. The van der Waals surface area contributed by atoms with Gasteiger partial charge in [0.05, 0.1) is 6.04 Å². The lowest BCUT2D eigenvalue weighted by atomic mass is 10.1. The second-order valence-electron chi connectivity index (χ2n) is 4.36. The van der Waals surface area contributed by atoms with Gasteiger partial charge in [-0.15, -0.1) is 0 Å². The van der Waals surface area contributed by atoms with E-state index in [0.717, 1.165) is 11.6 Å². The first-order valence-electron chi connectivity index (χ1n) is 6.22. The third-order valence-corrected chi connectivity index (χ3v) is 2.93. The Hall–Kier alpha value is -2.37. The first kappa shape index (κ1) is 14.0. The van der Waals surface area contributed by atoms with Crippen molar-refractivity contribution in [2.45, 2.75) is 12.5 Å². The van der Waals surface area contributed by atoms with Gasteiger partial charge in [-0.2, -0.15) is 0 Å². The molecular weight excluding hydrogens is 263 g/mol. The maximum atomic E-state index is 13.0. The summed E-state index contributed by atoms with van der Waals surface area (Å²) in [5, 5.41) is 5.30. The second-order valence-corrected chi connectivity index (χ2v) is 4.36. The topological polar surface area (TPSA) is 67.4 Å². The zero-order valence-electron chi connectivity index (χ0n) is 10.8. The van der Waals surface area contributed by atoms with Crippen LogP contribution in [-0.2, 0) is 9.59 Å². The minimum Gasteiger partial charge on any atom is -0.491 e. The van der Waals surface area contributed by atoms with Crippen LogP contribution in [0.25, 0.3) is 0 Å². The van der Waals surface area contributed by atoms with E-state index in [1.54, 1.807) is 6.07 Å². The highest BCUT2D eigenvalue weighted by molar-refractivity contribution is 5.87. The summed E-state index contributed by atoms with van der Waals surface area (Å²) < 4.78 is 18.3. The molecule has 0 aliphatic carbocycles. The van der Waals surface area contributed by atoms with E-state index < -0.39 is 0 Å². The van der Waals surface area contributed by atoms with Gasteiger partial charge in [0.1, 0.15) is 18.2 Å². The number of benzene rings is 1. The predicted octanol–water partition coefficient (Wildman–Crippen LogP) is 1.07. The van der Waals surface area contributed by atoms with Crippen LogP contribution in [0.15, 0.2) is 30.9 Å². The summed E-state index contributed by atoms with van der Waals surface area (Å²) in [6, 6.07) is 3.94. The van der Waals surface area contributed by atoms with Crippen molar-refractivity contribution >= 4 is 11.8 Å². The Balaban J connectivity index is 1.85. The van der Waals surface area contributed by atoms with E-state index in [4.69, 9.17) is 4.74 Å². The lowest BCUT2D eigenvalue weighted by Gasteiger charge is -2.11. The van der Waals surface area contributed by atoms with E-state index in [1.165, 1.54) is 12.1 Å². The van der Waals surface area contributed by atoms with Crippen LogP contribution in [-0.4, -0.2) is 25.0 Å². The summed E-state index contributed by atoms with van der Waals surface area (Å²) in [7, 11) is 0. The number of carbonyl (C=O) groups is 2. The molecule has 2 N–H and O–H groups in total. The Labute approximate surface area is 115 Å². The van der Waals surface area contributed by atoms with E-state index in [9.17, 15) is 14.0 Å². The predicted molar refractivity (Wildman–Crippen MR) is 70.6 cm³/mol. The first-order valence-corrected chi connectivity index (χ1v) is 6.22. The van der Waals surface area contributed by atoms with Gasteiger partial charge in [-0.05, 0) is 12.1 Å². The summed E-state index contributed by atoms with van der Waals surface area (Å²) in [6.07, 6.45) is 1.31. The molecule has 2 amide bonds.